The molecule has 0 atom stereocenters. The Morgan fingerprint density at radius 2 is 1.94 bits per heavy atom. The van der Waals surface area contributed by atoms with Crippen molar-refractivity contribution in [2.75, 3.05) is 25.2 Å². The Morgan fingerprint density at radius 1 is 1.28 bits per heavy atom. The maximum Gasteiger partial charge on any atom is 0.213 e. The first-order valence-electron chi connectivity index (χ1n) is 5.95. The van der Waals surface area contributed by atoms with Gasteiger partial charge in [0.25, 0.3) is 0 Å². The molecule has 0 bridgehead atoms. The Bertz CT molecular complexity index is 437. The van der Waals surface area contributed by atoms with Crippen LogP contribution in [0.15, 0.2) is 24.5 Å². The summed E-state index contributed by atoms with van der Waals surface area (Å²) >= 11 is 5.54. The molecule has 0 aliphatic heterocycles. The van der Waals surface area contributed by atoms with E-state index in [4.69, 9.17) is 11.6 Å². The van der Waals surface area contributed by atoms with E-state index in [2.05, 4.69) is 4.98 Å². The lowest BCUT2D eigenvalue weighted by Crippen LogP contribution is -2.31. The summed E-state index contributed by atoms with van der Waals surface area (Å²) in [4.78, 5) is 3.93. The summed E-state index contributed by atoms with van der Waals surface area (Å²) < 4.78 is 25.2. The third-order valence-electron chi connectivity index (χ3n) is 2.73. The first-order valence-corrected chi connectivity index (χ1v) is 8.09. The van der Waals surface area contributed by atoms with Gasteiger partial charge in [0.05, 0.1) is 5.75 Å². The van der Waals surface area contributed by atoms with Gasteiger partial charge in [-0.15, -0.1) is 11.6 Å². The average Bonchev–Trinajstić information content (AvgIpc) is 2.37. The highest BCUT2D eigenvalue weighted by Crippen LogP contribution is 2.06. The summed E-state index contributed by atoms with van der Waals surface area (Å²) in [6.07, 6.45) is 5.48. The second-order valence-electron chi connectivity index (χ2n) is 4.14. The lowest BCUT2D eigenvalue weighted by atomic mass is 10.2. The summed E-state index contributed by atoms with van der Waals surface area (Å²) in [5.74, 6) is 0.683. The van der Waals surface area contributed by atoms with E-state index in [-0.39, 0.29) is 5.75 Å². The zero-order valence-electron chi connectivity index (χ0n) is 10.5. The molecule has 0 N–H and O–H groups in total. The molecule has 0 spiro atoms. The van der Waals surface area contributed by atoms with Crippen LogP contribution >= 0.6 is 11.6 Å². The molecule has 0 amide bonds. The topological polar surface area (TPSA) is 50.3 Å². The number of rotatable bonds is 8. The normalized spacial score (nSPS) is 11.9. The standard InChI is InChI=1S/C12H19ClN2O2S/c1-15(18(16,17)11-3-2-7-13)10-6-12-4-8-14-9-5-12/h4-5,8-9H,2-3,6-7,10-11H2,1H3. The van der Waals surface area contributed by atoms with E-state index in [9.17, 15) is 8.42 Å². The van der Waals surface area contributed by atoms with Crippen molar-refractivity contribution in [2.24, 2.45) is 0 Å². The number of nitrogens with zero attached hydrogens (tertiary/aromatic N) is 2. The molecule has 4 nitrogen and oxygen atoms in total. The van der Waals surface area contributed by atoms with Crippen LogP contribution in [-0.4, -0.2) is 42.9 Å². The van der Waals surface area contributed by atoms with Gasteiger partial charge in [-0.25, -0.2) is 12.7 Å². The first kappa shape index (κ1) is 15.4. The Morgan fingerprint density at radius 3 is 2.56 bits per heavy atom. The van der Waals surface area contributed by atoms with Crippen LogP contribution in [0, 0.1) is 0 Å². The van der Waals surface area contributed by atoms with Gasteiger partial charge in [-0.3, -0.25) is 4.98 Å². The van der Waals surface area contributed by atoms with E-state index in [1.54, 1.807) is 19.4 Å². The van der Waals surface area contributed by atoms with Gasteiger partial charge in [-0.1, -0.05) is 0 Å². The van der Waals surface area contributed by atoms with Crippen molar-refractivity contribution in [1.82, 2.24) is 9.29 Å². The summed E-state index contributed by atoms with van der Waals surface area (Å²) in [5.41, 5.74) is 1.09. The predicted octanol–water partition coefficient (Wildman–Crippen LogP) is 1.90. The van der Waals surface area contributed by atoms with Crippen LogP contribution in [0.2, 0.25) is 0 Å². The Kier molecular flexibility index (Phi) is 6.60. The highest BCUT2D eigenvalue weighted by Gasteiger charge is 2.16. The number of pyridine rings is 1. The van der Waals surface area contributed by atoms with Gasteiger partial charge in [0.2, 0.25) is 10.0 Å². The van der Waals surface area contributed by atoms with Gasteiger partial charge in [0.1, 0.15) is 0 Å². The molecular weight excluding hydrogens is 272 g/mol. The van der Waals surface area contributed by atoms with Crippen molar-refractivity contribution in [3.05, 3.63) is 30.1 Å². The monoisotopic (exact) mass is 290 g/mol. The molecule has 18 heavy (non-hydrogen) atoms. The number of aromatic nitrogens is 1. The molecule has 0 aromatic carbocycles. The molecule has 0 unspecified atom stereocenters. The van der Waals surface area contributed by atoms with Crippen LogP contribution < -0.4 is 0 Å². The quantitative estimate of drug-likeness (QED) is 0.543. The summed E-state index contributed by atoms with van der Waals surface area (Å²) in [5, 5.41) is 0. The van der Waals surface area contributed by atoms with Crippen LogP contribution in [-0.2, 0) is 16.4 Å². The van der Waals surface area contributed by atoms with Crippen LogP contribution in [0.3, 0.4) is 0 Å². The fraction of sp³-hybridized carbons (Fsp3) is 0.583. The van der Waals surface area contributed by atoms with Gasteiger partial charge in [-0.05, 0) is 37.0 Å². The fourth-order valence-electron chi connectivity index (χ4n) is 1.51. The number of hydrogen-bond acceptors (Lipinski definition) is 3. The molecule has 1 rings (SSSR count). The number of sulfonamides is 1. The minimum Gasteiger partial charge on any atom is -0.265 e. The van der Waals surface area contributed by atoms with Gasteiger partial charge in [0, 0.05) is 31.9 Å². The zero-order chi connectivity index (χ0) is 13.4. The third kappa shape index (κ3) is 5.33. The lowest BCUT2D eigenvalue weighted by Gasteiger charge is -2.16. The molecule has 102 valence electrons. The molecule has 0 saturated carbocycles. The number of likely N-dealkylation sites (N-methyl/N-ethyl adjacent to an activating group) is 1. The van der Waals surface area contributed by atoms with Crippen molar-refractivity contribution in [1.29, 1.82) is 0 Å². The second-order valence-corrected chi connectivity index (χ2v) is 6.71. The molecule has 0 fully saturated rings. The van der Waals surface area contributed by atoms with Crippen molar-refractivity contribution >= 4 is 21.6 Å². The molecule has 1 heterocycles. The lowest BCUT2D eigenvalue weighted by molar-refractivity contribution is 0.471. The summed E-state index contributed by atoms with van der Waals surface area (Å²) in [6.45, 7) is 0.493. The van der Waals surface area contributed by atoms with Gasteiger partial charge in [0.15, 0.2) is 0 Å². The molecule has 0 aliphatic rings. The van der Waals surface area contributed by atoms with Gasteiger partial charge < -0.3 is 0 Å². The van der Waals surface area contributed by atoms with E-state index >= 15 is 0 Å². The summed E-state index contributed by atoms with van der Waals surface area (Å²) in [6, 6.07) is 3.79. The number of alkyl halides is 1. The Labute approximate surface area is 114 Å². The molecule has 0 aliphatic carbocycles. The van der Waals surface area contributed by atoms with Crippen molar-refractivity contribution in [2.45, 2.75) is 19.3 Å². The van der Waals surface area contributed by atoms with Gasteiger partial charge >= 0.3 is 0 Å². The Balaban J connectivity index is 2.42. The van der Waals surface area contributed by atoms with Crippen molar-refractivity contribution in [3.8, 4) is 0 Å². The molecule has 1 aromatic rings. The van der Waals surface area contributed by atoms with Crippen molar-refractivity contribution in [3.63, 3.8) is 0 Å². The van der Waals surface area contributed by atoms with Crippen LogP contribution in [0.5, 0.6) is 0 Å². The van der Waals surface area contributed by atoms with E-state index in [0.717, 1.165) is 12.0 Å². The fourth-order valence-corrected chi connectivity index (χ4v) is 2.95. The summed E-state index contributed by atoms with van der Waals surface area (Å²) in [7, 11) is -1.52. The minimum atomic E-state index is -3.14. The van der Waals surface area contributed by atoms with E-state index in [0.29, 0.717) is 25.3 Å². The molecule has 6 heteroatoms. The molecular formula is C12H19ClN2O2S. The van der Waals surface area contributed by atoms with E-state index < -0.39 is 10.0 Å². The van der Waals surface area contributed by atoms with E-state index in [1.165, 1.54) is 4.31 Å². The van der Waals surface area contributed by atoms with Crippen LogP contribution in [0.4, 0.5) is 0 Å². The second kappa shape index (κ2) is 7.71. The highest BCUT2D eigenvalue weighted by atomic mass is 35.5. The number of unbranched alkanes of at least 4 members (excludes halogenated alkanes) is 1. The predicted molar refractivity (Wildman–Crippen MR) is 74.3 cm³/mol. The average molecular weight is 291 g/mol. The van der Waals surface area contributed by atoms with E-state index in [1.807, 2.05) is 12.1 Å². The van der Waals surface area contributed by atoms with Crippen molar-refractivity contribution < 1.29 is 8.42 Å². The zero-order valence-corrected chi connectivity index (χ0v) is 12.1. The Hall–Kier alpha value is -0.650. The largest absolute Gasteiger partial charge is 0.265 e. The SMILES string of the molecule is CN(CCc1ccncc1)S(=O)(=O)CCCCCl. The van der Waals surface area contributed by atoms with Crippen LogP contribution in [0.25, 0.3) is 0 Å². The minimum absolute atomic E-state index is 0.173. The smallest absolute Gasteiger partial charge is 0.213 e. The van der Waals surface area contributed by atoms with Crippen LogP contribution in [0.1, 0.15) is 18.4 Å². The van der Waals surface area contributed by atoms with Gasteiger partial charge in [-0.2, -0.15) is 0 Å². The maximum atomic E-state index is 11.9. The maximum absolute atomic E-state index is 11.9. The number of halogens is 1. The first-order chi connectivity index (χ1) is 8.56. The molecule has 0 saturated heterocycles. The molecule has 1 aromatic heterocycles. The molecule has 0 radical (unpaired) electrons. The highest BCUT2D eigenvalue weighted by molar-refractivity contribution is 7.89. The third-order valence-corrected chi connectivity index (χ3v) is 4.93. The number of hydrogen-bond donors (Lipinski definition) is 0.